The van der Waals surface area contributed by atoms with Crippen LogP contribution in [0.4, 0.5) is 0 Å². The smallest absolute Gasteiger partial charge is 0.343 e. The van der Waals surface area contributed by atoms with Crippen molar-refractivity contribution in [2.75, 3.05) is 0 Å². The number of fused-ring (bicyclic) bond motifs is 12. The largest absolute Gasteiger partial charge is 0.486 e. The fourth-order valence-corrected chi connectivity index (χ4v) is 7.39. The second-order valence-electron chi connectivity index (χ2n) is 11.6. The summed E-state index contributed by atoms with van der Waals surface area (Å²) < 4.78 is 25.1. The molecule has 4 atom stereocenters. The van der Waals surface area contributed by atoms with Crippen LogP contribution in [0.1, 0.15) is 67.7 Å². The number of benzene rings is 2. The van der Waals surface area contributed by atoms with Gasteiger partial charge in [0.15, 0.2) is 0 Å². The normalized spacial score (nSPS) is 27.5. The molecule has 0 unspecified atom stereocenters. The lowest BCUT2D eigenvalue weighted by molar-refractivity contribution is -0.0807. The van der Waals surface area contributed by atoms with Gasteiger partial charge >= 0.3 is 11.3 Å². The predicted molar refractivity (Wildman–Crippen MR) is 136 cm³/mol. The van der Waals surface area contributed by atoms with Crippen molar-refractivity contribution in [3.63, 3.8) is 0 Å². The lowest BCUT2D eigenvalue weighted by Gasteiger charge is -2.56. The van der Waals surface area contributed by atoms with Crippen LogP contribution < -0.4 is 20.7 Å². The minimum atomic E-state index is -0.644. The monoisotopic (exact) mass is 484 g/mol. The third-order valence-electron chi connectivity index (χ3n) is 8.69. The second kappa shape index (κ2) is 6.81. The van der Waals surface area contributed by atoms with Gasteiger partial charge in [-0.05, 0) is 70.7 Å². The lowest BCUT2D eigenvalue weighted by Crippen LogP contribution is -2.58. The van der Waals surface area contributed by atoms with Gasteiger partial charge in [-0.1, -0.05) is 24.3 Å². The van der Waals surface area contributed by atoms with Gasteiger partial charge in [-0.3, -0.25) is 0 Å². The Morgan fingerprint density at radius 2 is 1.19 bits per heavy atom. The zero-order valence-electron chi connectivity index (χ0n) is 21.1. The summed E-state index contributed by atoms with van der Waals surface area (Å²) in [6.07, 6.45) is 1.28. The average molecular weight is 485 g/mol. The predicted octanol–water partition coefficient (Wildman–Crippen LogP) is 6.12. The number of hydrogen-bond acceptors (Lipinski definition) is 6. The third-order valence-corrected chi connectivity index (χ3v) is 8.69. The molecule has 0 amide bonds. The summed E-state index contributed by atoms with van der Waals surface area (Å²) in [6.45, 7) is 10.2. The van der Waals surface area contributed by atoms with E-state index in [4.69, 9.17) is 18.3 Å². The Balaban J connectivity index is 1.53. The van der Waals surface area contributed by atoms with Crippen LogP contribution in [-0.4, -0.2) is 11.2 Å². The fraction of sp³-hybridized carbons (Fsp3) is 0.400. The molecule has 2 aromatic carbocycles. The highest BCUT2D eigenvalue weighted by molar-refractivity contribution is 5.89. The van der Waals surface area contributed by atoms with Gasteiger partial charge in [-0.15, -0.1) is 0 Å². The fourth-order valence-electron chi connectivity index (χ4n) is 7.39. The number of hydrogen-bond donors (Lipinski definition) is 0. The molecule has 1 saturated carbocycles. The highest BCUT2D eigenvalue weighted by Gasteiger charge is 2.59. The molecular formula is C30H28O6. The van der Waals surface area contributed by atoms with E-state index in [1.807, 2.05) is 44.2 Å². The minimum absolute atomic E-state index is 0.130. The maximum absolute atomic E-state index is 13.4. The van der Waals surface area contributed by atoms with E-state index >= 15 is 0 Å². The Morgan fingerprint density at radius 3 is 1.69 bits per heavy atom. The minimum Gasteiger partial charge on any atom is -0.486 e. The van der Waals surface area contributed by atoms with Crippen LogP contribution in [0.15, 0.2) is 54.8 Å². The molecule has 7 rings (SSSR count). The van der Waals surface area contributed by atoms with Gasteiger partial charge in [-0.25, -0.2) is 9.59 Å². The Labute approximate surface area is 207 Å². The summed E-state index contributed by atoms with van der Waals surface area (Å²) >= 11 is 0. The van der Waals surface area contributed by atoms with Crippen molar-refractivity contribution in [1.82, 2.24) is 0 Å². The molecule has 6 nitrogen and oxygen atoms in total. The summed E-state index contributed by atoms with van der Waals surface area (Å²) in [5.41, 5.74) is 2.22. The molecule has 4 aromatic rings. The van der Waals surface area contributed by atoms with Crippen molar-refractivity contribution in [1.29, 1.82) is 0 Å². The molecule has 184 valence electrons. The van der Waals surface area contributed by atoms with Crippen LogP contribution in [0.25, 0.3) is 21.9 Å². The molecule has 0 saturated heterocycles. The van der Waals surface area contributed by atoms with Crippen molar-refractivity contribution < 1.29 is 18.3 Å². The maximum Gasteiger partial charge on any atom is 0.343 e. The quantitative estimate of drug-likeness (QED) is 0.280. The van der Waals surface area contributed by atoms with E-state index in [-0.39, 0.29) is 29.0 Å². The first kappa shape index (κ1) is 21.7. The molecule has 2 aliphatic heterocycles. The van der Waals surface area contributed by atoms with Crippen LogP contribution >= 0.6 is 0 Å². The van der Waals surface area contributed by atoms with Gasteiger partial charge in [0.25, 0.3) is 0 Å². The number of ether oxygens (including phenoxy) is 2. The van der Waals surface area contributed by atoms with E-state index in [0.717, 1.165) is 21.9 Å². The van der Waals surface area contributed by atoms with E-state index in [1.54, 1.807) is 6.07 Å². The first-order valence-electron chi connectivity index (χ1n) is 12.6. The molecule has 3 aliphatic rings. The Bertz CT molecular complexity index is 1620. The summed E-state index contributed by atoms with van der Waals surface area (Å²) in [5, 5.41) is 1.68. The van der Waals surface area contributed by atoms with E-state index < -0.39 is 11.2 Å². The number of aryl methyl sites for hydroxylation is 2. The van der Waals surface area contributed by atoms with Gasteiger partial charge < -0.3 is 18.3 Å². The molecule has 0 spiro atoms. The summed E-state index contributed by atoms with van der Waals surface area (Å²) in [5.74, 6) is 0.727. The van der Waals surface area contributed by atoms with E-state index in [9.17, 15) is 9.59 Å². The standard InChI is InChI=1S/C30H28O6/c1-14-8-6-10-18-20(14)25-22(27(31)33-18)16-12-30(5)13-17(24(16)29(3,4)35-25)23-26(36-30)21-15(2)9-7-11-19(21)34-28(23)32/h6-11,16-17,24H,12-13H2,1-5H3/t16-,17-,24+,30+/m0/s1. The van der Waals surface area contributed by atoms with Gasteiger partial charge in [0.05, 0.1) is 21.9 Å². The first-order valence-corrected chi connectivity index (χ1v) is 12.6. The molecule has 2 aromatic heterocycles. The maximum atomic E-state index is 13.4. The summed E-state index contributed by atoms with van der Waals surface area (Å²) in [4.78, 5) is 26.9. The van der Waals surface area contributed by atoms with Crippen LogP contribution in [0.2, 0.25) is 0 Å². The van der Waals surface area contributed by atoms with E-state index in [2.05, 4.69) is 20.8 Å². The Kier molecular flexibility index (Phi) is 4.11. The SMILES string of the molecule is Cc1cccc2oc(=O)c3c(c12)OC(C)(C)[C@@H]1[C@H]3C[C@]2(C)C[C@H]1c1c(c3c(C)cccc3oc1=O)O2. The van der Waals surface area contributed by atoms with Gasteiger partial charge in [0.1, 0.15) is 33.9 Å². The molecule has 1 aliphatic carbocycles. The van der Waals surface area contributed by atoms with Crippen molar-refractivity contribution in [3.8, 4) is 11.5 Å². The zero-order chi connectivity index (χ0) is 25.1. The van der Waals surface area contributed by atoms with Crippen LogP contribution in [0, 0.1) is 19.8 Å². The lowest BCUT2D eigenvalue weighted by atomic mass is 9.56. The van der Waals surface area contributed by atoms with Crippen molar-refractivity contribution in [3.05, 3.63) is 79.5 Å². The molecule has 4 heterocycles. The number of rotatable bonds is 0. The average Bonchev–Trinajstić information content (AvgIpc) is 2.77. The Morgan fingerprint density at radius 1 is 0.722 bits per heavy atom. The van der Waals surface area contributed by atoms with Crippen molar-refractivity contribution in [2.45, 2.75) is 70.5 Å². The molecule has 1 fully saturated rings. The summed E-state index contributed by atoms with van der Waals surface area (Å²) in [6, 6.07) is 11.4. The topological polar surface area (TPSA) is 78.9 Å². The van der Waals surface area contributed by atoms with Gasteiger partial charge in [0, 0.05) is 17.8 Å². The van der Waals surface area contributed by atoms with Crippen molar-refractivity contribution in [2.24, 2.45) is 5.92 Å². The van der Waals surface area contributed by atoms with Gasteiger partial charge in [-0.2, -0.15) is 0 Å². The molecule has 36 heavy (non-hydrogen) atoms. The van der Waals surface area contributed by atoms with Crippen LogP contribution in [-0.2, 0) is 0 Å². The van der Waals surface area contributed by atoms with Crippen LogP contribution in [0.3, 0.4) is 0 Å². The van der Waals surface area contributed by atoms with Gasteiger partial charge in [0.2, 0.25) is 0 Å². The Hall–Kier alpha value is -3.54. The van der Waals surface area contributed by atoms with Crippen molar-refractivity contribution >= 4 is 21.9 Å². The molecular weight excluding hydrogens is 456 g/mol. The van der Waals surface area contributed by atoms with E-state index in [1.165, 1.54) is 0 Å². The molecule has 0 N–H and O–H groups in total. The molecule has 2 bridgehead atoms. The van der Waals surface area contributed by atoms with Crippen LogP contribution in [0.5, 0.6) is 11.5 Å². The molecule has 0 radical (unpaired) electrons. The highest BCUT2D eigenvalue weighted by atomic mass is 16.5. The second-order valence-corrected chi connectivity index (χ2v) is 11.6. The third kappa shape index (κ3) is 2.73. The zero-order valence-corrected chi connectivity index (χ0v) is 21.1. The first-order chi connectivity index (χ1) is 17.1. The highest BCUT2D eigenvalue weighted by Crippen LogP contribution is 2.62. The summed E-state index contributed by atoms with van der Waals surface area (Å²) in [7, 11) is 0. The molecule has 6 heteroatoms. The van der Waals surface area contributed by atoms with E-state index in [0.29, 0.717) is 46.6 Å².